The van der Waals surface area contributed by atoms with Gasteiger partial charge in [-0.25, -0.2) is 4.98 Å². The number of carbonyl (C=O) groups is 1. The van der Waals surface area contributed by atoms with Gasteiger partial charge in [0.05, 0.1) is 6.33 Å². The number of benzene rings is 1. The first-order chi connectivity index (χ1) is 7.58. The van der Waals surface area contributed by atoms with Gasteiger partial charge in [-0.05, 0) is 25.5 Å². The van der Waals surface area contributed by atoms with E-state index in [-0.39, 0.29) is 5.78 Å². The van der Waals surface area contributed by atoms with Crippen LogP contribution in [0, 0.1) is 13.8 Å². The highest BCUT2D eigenvalue weighted by Crippen LogP contribution is 2.14. The number of carbonyl (C=O) groups excluding carboxylic acids is 1. The fourth-order valence-corrected chi connectivity index (χ4v) is 1.65. The van der Waals surface area contributed by atoms with Crippen molar-refractivity contribution in [2.24, 2.45) is 7.05 Å². The molecule has 0 atom stereocenters. The Bertz CT molecular complexity index is 541. The lowest BCUT2D eigenvalue weighted by atomic mass is 10.0. The molecule has 0 saturated carbocycles. The molecule has 3 heteroatoms. The zero-order valence-corrected chi connectivity index (χ0v) is 9.69. The van der Waals surface area contributed by atoms with Crippen LogP contribution in [0.2, 0.25) is 0 Å². The molecule has 0 bridgehead atoms. The summed E-state index contributed by atoms with van der Waals surface area (Å²) >= 11 is 0. The Hall–Kier alpha value is -1.90. The van der Waals surface area contributed by atoms with Crippen molar-refractivity contribution in [2.75, 3.05) is 0 Å². The minimum absolute atomic E-state index is 0.0122. The highest BCUT2D eigenvalue weighted by molar-refractivity contribution is 6.08. The van der Waals surface area contributed by atoms with Crippen LogP contribution in [0.4, 0.5) is 0 Å². The van der Waals surface area contributed by atoms with Crippen molar-refractivity contribution in [2.45, 2.75) is 13.8 Å². The molecule has 3 nitrogen and oxygen atoms in total. The number of aromatic nitrogens is 2. The van der Waals surface area contributed by atoms with Crippen LogP contribution >= 0.6 is 0 Å². The van der Waals surface area contributed by atoms with Crippen LogP contribution in [-0.2, 0) is 7.05 Å². The van der Waals surface area contributed by atoms with Gasteiger partial charge in [-0.15, -0.1) is 0 Å². The molecule has 0 aliphatic heterocycles. The Morgan fingerprint density at radius 3 is 2.69 bits per heavy atom. The number of aryl methyl sites for hydroxylation is 3. The van der Waals surface area contributed by atoms with Crippen LogP contribution in [0.3, 0.4) is 0 Å². The van der Waals surface area contributed by atoms with Crippen LogP contribution in [0.5, 0.6) is 0 Å². The van der Waals surface area contributed by atoms with E-state index in [0.29, 0.717) is 5.69 Å². The normalized spacial score (nSPS) is 10.4. The summed E-state index contributed by atoms with van der Waals surface area (Å²) in [4.78, 5) is 16.2. The summed E-state index contributed by atoms with van der Waals surface area (Å²) in [7, 11) is 1.85. The van der Waals surface area contributed by atoms with Gasteiger partial charge in [0.15, 0.2) is 0 Å². The molecule has 0 amide bonds. The minimum atomic E-state index is -0.0122. The van der Waals surface area contributed by atoms with Gasteiger partial charge in [-0.3, -0.25) is 4.79 Å². The van der Waals surface area contributed by atoms with E-state index in [1.807, 2.05) is 39.1 Å². The highest BCUT2D eigenvalue weighted by atomic mass is 16.1. The SMILES string of the molecule is Cc1ccc(C)c(C(=O)c2cn(C)cn2)c1. The van der Waals surface area contributed by atoms with Gasteiger partial charge in [0.25, 0.3) is 0 Å². The van der Waals surface area contributed by atoms with Crippen molar-refractivity contribution in [3.05, 3.63) is 53.1 Å². The summed E-state index contributed by atoms with van der Waals surface area (Å²) < 4.78 is 1.78. The molecule has 0 aliphatic rings. The zero-order chi connectivity index (χ0) is 11.7. The second-order valence-corrected chi connectivity index (χ2v) is 4.07. The van der Waals surface area contributed by atoms with Gasteiger partial charge in [0.2, 0.25) is 5.78 Å². The summed E-state index contributed by atoms with van der Waals surface area (Å²) in [6, 6.07) is 5.88. The molecule has 0 saturated heterocycles. The number of imidazole rings is 1. The Morgan fingerprint density at radius 2 is 2.06 bits per heavy atom. The van der Waals surface area contributed by atoms with Gasteiger partial charge in [0.1, 0.15) is 5.69 Å². The molecular formula is C13H14N2O. The predicted molar refractivity (Wildman–Crippen MR) is 62.6 cm³/mol. The third kappa shape index (κ3) is 1.89. The molecule has 0 N–H and O–H groups in total. The molecule has 2 aromatic rings. The van der Waals surface area contributed by atoms with E-state index in [1.54, 1.807) is 17.1 Å². The summed E-state index contributed by atoms with van der Waals surface area (Å²) in [5.74, 6) is -0.0122. The van der Waals surface area contributed by atoms with E-state index < -0.39 is 0 Å². The van der Waals surface area contributed by atoms with E-state index >= 15 is 0 Å². The maximum atomic E-state index is 12.2. The fraction of sp³-hybridized carbons (Fsp3) is 0.231. The van der Waals surface area contributed by atoms with Gasteiger partial charge in [0, 0.05) is 18.8 Å². The van der Waals surface area contributed by atoms with Crippen LogP contribution < -0.4 is 0 Å². The topological polar surface area (TPSA) is 34.9 Å². The minimum Gasteiger partial charge on any atom is -0.340 e. The summed E-state index contributed by atoms with van der Waals surface area (Å²) in [5, 5.41) is 0. The van der Waals surface area contributed by atoms with Crippen molar-refractivity contribution < 1.29 is 4.79 Å². The van der Waals surface area contributed by atoms with Crippen molar-refractivity contribution in [1.82, 2.24) is 9.55 Å². The lowest BCUT2D eigenvalue weighted by Gasteiger charge is -2.03. The molecule has 0 fully saturated rings. The molecule has 1 heterocycles. The third-order valence-electron chi connectivity index (χ3n) is 2.58. The highest BCUT2D eigenvalue weighted by Gasteiger charge is 2.13. The first kappa shape index (κ1) is 10.6. The summed E-state index contributed by atoms with van der Waals surface area (Å²) in [6.45, 7) is 3.92. The monoisotopic (exact) mass is 214 g/mol. The Morgan fingerprint density at radius 1 is 1.31 bits per heavy atom. The van der Waals surface area contributed by atoms with Crippen LogP contribution in [-0.4, -0.2) is 15.3 Å². The van der Waals surface area contributed by atoms with E-state index in [9.17, 15) is 4.79 Å². The number of nitrogens with zero attached hydrogens (tertiary/aromatic N) is 2. The van der Waals surface area contributed by atoms with E-state index in [2.05, 4.69) is 4.98 Å². The molecule has 82 valence electrons. The average Bonchev–Trinajstić information content (AvgIpc) is 2.67. The predicted octanol–water partition coefficient (Wildman–Crippen LogP) is 2.27. The Balaban J connectivity index is 2.45. The second-order valence-electron chi connectivity index (χ2n) is 4.07. The smallest absolute Gasteiger partial charge is 0.213 e. The first-order valence-electron chi connectivity index (χ1n) is 5.18. The van der Waals surface area contributed by atoms with Crippen molar-refractivity contribution in [1.29, 1.82) is 0 Å². The van der Waals surface area contributed by atoms with Crippen LogP contribution in [0.1, 0.15) is 27.2 Å². The van der Waals surface area contributed by atoms with E-state index in [1.165, 1.54) is 0 Å². The molecule has 0 unspecified atom stereocenters. The van der Waals surface area contributed by atoms with Crippen LogP contribution in [0.25, 0.3) is 0 Å². The molecule has 16 heavy (non-hydrogen) atoms. The van der Waals surface area contributed by atoms with E-state index in [0.717, 1.165) is 16.7 Å². The largest absolute Gasteiger partial charge is 0.340 e. The molecular weight excluding hydrogens is 200 g/mol. The van der Waals surface area contributed by atoms with Gasteiger partial charge in [-0.2, -0.15) is 0 Å². The second kappa shape index (κ2) is 3.93. The Labute approximate surface area is 94.7 Å². The molecule has 0 spiro atoms. The molecule has 1 aromatic heterocycles. The molecule has 0 aliphatic carbocycles. The Kier molecular flexibility index (Phi) is 2.60. The van der Waals surface area contributed by atoms with Crippen molar-refractivity contribution >= 4 is 5.78 Å². The zero-order valence-electron chi connectivity index (χ0n) is 9.69. The van der Waals surface area contributed by atoms with Crippen molar-refractivity contribution in [3.8, 4) is 0 Å². The molecule has 1 aromatic carbocycles. The van der Waals surface area contributed by atoms with Gasteiger partial charge in [-0.1, -0.05) is 17.7 Å². The first-order valence-corrected chi connectivity index (χ1v) is 5.18. The maximum absolute atomic E-state index is 12.2. The third-order valence-corrected chi connectivity index (χ3v) is 2.58. The standard InChI is InChI=1S/C13H14N2O/c1-9-4-5-10(2)11(6-9)13(16)12-7-15(3)8-14-12/h4-8H,1-3H3. The van der Waals surface area contributed by atoms with Crippen LogP contribution in [0.15, 0.2) is 30.7 Å². The maximum Gasteiger partial charge on any atom is 0.213 e. The lowest BCUT2D eigenvalue weighted by Crippen LogP contribution is -2.04. The van der Waals surface area contributed by atoms with E-state index in [4.69, 9.17) is 0 Å². The van der Waals surface area contributed by atoms with Crippen molar-refractivity contribution in [3.63, 3.8) is 0 Å². The average molecular weight is 214 g/mol. The molecule has 0 radical (unpaired) electrons. The number of hydrogen-bond acceptors (Lipinski definition) is 2. The number of hydrogen-bond donors (Lipinski definition) is 0. The van der Waals surface area contributed by atoms with Gasteiger partial charge < -0.3 is 4.57 Å². The molecule has 2 rings (SSSR count). The quantitative estimate of drug-likeness (QED) is 0.719. The summed E-state index contributed by atoms with van der Waals surface area (Å²) in [6.07, 6.45) is 3.38. The number of ketones is 1. The lowest BCUT2D eigenvalue weighted by molar-refractivity contribution is 0.103. The van der Waals surface area contributed by atoms with Gasteiger partial charge >= 0.3 is 0 Å². The summed E-state index contributed by atoms with van der Waals surface area (Å²) in [5.41, 5.74) is 3.31. The number of rotatable bonds is 2. The fourth-order valence-electron chi connectivity index (χ4n) is 1.65.